The van der Waals surface area contributed by atoms with Crippen molar-refractivity contribution in [2.45, 2.75) is 0 Å². The second kappa shape index (κ2) is 3.58. The molecule has 15 heavy (non-hydrogen) atoms. The molecule has 2 aromatic rings. The summed E-state index contributed by atoms with van der Waals surface area (Å²) in [4.78, 5) is 24.1. The van der Waals surface area contributed by atoms with Gasteiger partial charge in [-0.25, -0.2) is 4.79 Å². The largest absolute Gasteiger partial charge is 0.417 e. The lowest BCUT2D eigenvalue weighted by Gasteiger charge is -2.01. The number of benzene rings is 1. The molecule has 0 atom stereocenters. The third-order valence-corrected chi connectivity index (χ3v) is 1.85. The molecule has 1 aromatic heterocycles. The number of nitrogens with one attached hydrogen (secondary N) is 2. The lowest BCUT2D eigenvalue weighted by Crippen LogP contribution is -2.15. The third-order valence-electron chi connectivity index (χ3n) is 1.85. The van der Waals surface area contributed by atoms with Crippen LogP contribution in [0.2, 0.25) is 0 Å². The fourth-order valence-electron chi connectivity index (χ4n) is 1.23. The number of oxazole rings is 1. The number of aliphatic hydroxyl groups is 1. The lowest BCUT2D eigenvalue weighted by atomic mass is 10.3. The Morgan fingerprint density at radius 2 is 2.33 bits per heavy atom. The molecule has 0 aliphatic heterocycles. The topological polar surface area (TPSA) is 95.3 Å². The van der Waals surface area contributed by atoms with Gasteiger partial charge in [-0.3, -0.25) is 9.78 Å². The number of anilines is 1. The quantitative estimate of drug-likeness (QED) is 0.649. The molecule has 1 heterocycles. The molecule has 0 aliphatic rings. The fourth-order valence-corrected chi connectivity index (χ4v) is 1.23. The molecule has 0 saturated carbocycles. The summed E-state index contributed by atoms with van der Waals surface area (Å²) >= 11 is 0. The van der Waals surface area contributed by atoms with Gasteiger partial charge in [0.05, 0.1) is 5.52 Å². The zero-order chi connectivity index (χ0) is 10.8. The molecule has 0 saturated heterocycles. The van der Waals surface area contributed by atoms with Gasteiger partial charge in [-0.2, -0.15) is 0 Å². The number of carbonyl (C=O) groups excluding carboxylic acids is 1. The van der Waals surface area contributed by atoms with Crippen molar-refractivity contribution in [2.75, 3.05) is 11.9 Å². The predicted octanol–water partition coefficient (Wildman–Crippen LogP) is 0.0519. The van der Waals surface area contributed by atoms with Crippen LogP contribution < -0.4 is 11.1 Å². The third kappa shape index (κ3) is 1.89. The maximum Gasteiger partial charge on any atom is 0.417 e. The van der Waals surface area contributed by atoms with E-state index in [2.05, 4.69) is 10.3 Å². The van der Waals surface area contributed by atoms with Crippen molar-refractivity contribution in [3.8, 4) is 0 Å². The van der Waals surface area contributed by atoms with E-state index in [1.807, 2.05) is 0 Å². The first-order valence-corrected chi connectivity index (χ1v) is 4.22. The summed E-state index contributed by atoms with van der Waals surface area (Å²) in [7, 11) is 0. The Morgan fingerprint density at radius 3 is 3.07 bits per heavy atom. The molecule has 0 bridgehead atoms. The standard InChI is InChI=1S/C9H8N2O4/c12-4-8(13)10-5-1-2-7-6(3-5)11-9(14)15-7/h1-3,12H,4H2,(H,10,13)(H,11,14). The van der Waals surface area contributed by atoms with E-state index < -0.39 is 18.3 Å². The molecule has 3 N–H and O–H groups in total. The Morgan fingerprint density at radius 1 is 1.53 bits per heavy atom. The highest BCUT2D eigenvalue weighted by Gasteiger charge is 2.04. The number of aromatic nitrogens is 1. The summed E-state index contributed by atoms with van der Waals surface area (Å²) in [5, 5.41) is 11.0. The minimum Gasteiger partial charge on any atom is -0.408 e. The average molecular weight is 208 g/mol. The molecule has 2 rings (SSSR count). The summed E-state index contributed by atoms with van der Waals surface area (Å²) in [6, 6.07) is 4.68. The van der Waals surface area contributed by atoms with Gasteiger partial charge in [0.25, 0.3) is 0 Å². The van der Waals surface area contributed by atoms with Gasteiger partial charge in [-0.05, 0) is 18.2 Å². The van der Waals surface area contributed by atoms with Gasteiger partial charge >= 0.3 is 5.76 Å². The van der Waals surface area contributed by atoms with Crippen LogP contribution in [0.5, 0.6) is 0 Å². The molecule has 0 unspecified atom stereocenters. The van der Waals surface area contributed by atoms with E-state index in [4.69, 9.17) is 9.52 Å². The van der Waals surface area contributed by atoms with Gasteiger partial charge in [-0.15, -0.1) is 0 Å². The zero-order valence-corrected chi connectivity index (χ0v) is 7.61. The summed E-state index contributed by atoms with van der Waals surface area (Å²) in [6.07, 6.45) is 0. The summed E-state index contributed by atoms with van der Waals surface area (Å²) < 4.78 is 4.78. The normalized spacial score (nSPS) is 10.5. The molecule has 1 amide bonds. The van der Waals surface area contributed by atoms with Gasteiger partial charge in [0.1, 0.15) is 6.61 Å². The minimum atomic E-state index is -0.583. The summed E-state index contributed by atoms with van der Waals surface area (Å²) in [5.41, 5.74) is 1.40. The van der Waals surface area contributed by atoms with Gasteiger partial charge in [-0.1, -0.05) is 0 Å². The monoisotopic (exact) mass is 208 g/mol. The first-order chi connectivity index (χ1) is 7.19. The van der Waals surface area contributed by atoms with Crippen molar-refractivity contribution in [2.24, 2.45) is 0 Å². The number of aliphatic hydroxyl groups excluding tert-OH is 1. The van der Waals surface area contributed by atoms with Crippen molar-refractivity contribution in [1.82, 2.24) is 4.98 Å². The second-order valence-electron chi connectivity index (χ2n) is 2.93. The Kier molecular flexibility index (Phi) is 2.26. The molecule has 0 spiro atoms. The van der Waals surface area contributed by atoms with E-state index in [-0.39, 0.29) is 0 Å². The average Bonchev–Trinajstić information content (AvgIpc) is 2.57. The smallest absolute Gasteiger partial charge is 0.408 e. The van der Waals surface area contributed by atoms with Crippen LogP contribution in [0, 0.1) is 0 Å². The van der Waals surface area contributed by atoms with Crippen molar-refractivity contribution >= 4 is 22.7 Å². The molecule has 6 heteroatoms. The Labute approximate surface area is 83.5 Å². The predicted molar refractivity (Wildman–Crippen MR) is 52.6 cm³/mol. The summed E-state index contributed by atoms with van der Waals surface area (Å²) in [5.74, 6) is -1.06. The van der Waals surface area contributed by atoms with Crippen LogP contribution in [0.4, 0.5) is 5.69 Å². The van der Waals surface area contributed by atoms with E-state index in [1.54, 1.807) is 18.2 Å². The summed E-state index contributed by atoms with van der Waals surface area (Å²) in [6.45, 7) is -0.583. The second-order valence-corrected chi connectivity index (χ2v) is 2.93. The highest BCUT2D eigenvalue weighted by molar-refractivity contribution is 5.93. The number of H-pyrrole nitrogens is 1. The van der Waals surface area contributed by atoms with E-state index in [0.717, 1.165) is 0 Å². The molecule has 6 nitrogen and oxygen atoms in total. The highest BCUT2D eigenvalue weighted by atomic mass is 16.4. The van der Waals surface area contributed by atoms with Crippen LogP contribution in [0.3, 0.4) is 0 Å². The van der Waals surface area contributed by atoms with Gasteiger partial charge < -0.3 is 14.8 Å². The first-order valence-electron chi connectivity index (χ1n) is 4.22. The van der Waals surface area contributed by atoms with Crippen molar-refractivity contribution in [3.63, 3.8) is 0 Å². The highest BCUT2D eigenvalue weighted by Crippen LogP contribution is 2.15. The van der Waals surface area contributed by atoms with Crippen LogP contribution >= 0.6 is 0 Å². The Bertz CT molecular complexity index is 554. The number of hydrogen-bond donors (Lipinski definition) is 3. The number of aromatic amines is 1. The molecular weight excluding hydrogens is 200 g/mol. The molecule has 0 fully saturated rings. The van der Waals surface area contributed by atoms with Crippen LogP contribution in [0.25, 0.3) is 11.1 Å². The van der Waals surface area contributed by atoms with Crippen molar-refractivity contribution in [3.05, 3.63) is 28.7 Å². The molecule has 0 radical (unpaired) electrons. The number of hydrogen-bond acceptors (Lipinski definition) is 4. The maximum atomic E-state index is 10.9. The molecule has 1 aromatic carbocycles. The lowest BCUT2D eigenvalue weighted by molar-refractivity contribution is -0.118. The van der Waals surface area contributed by atoms with E-state index in [9.17, 15) is 9.59 Å². The Hall–Kier alpha value is -2.08. The fraction of sp³-hybridized carbons (Fsp3) is 0.111. The minimum absolute atomic E-state index is 0.419. The van der Waals surface area contributed by atoms with E-state index >= 15 is 0 Å². The number of fused-ring (bicyclic) bond motifs is 1. The van der Waals surface area contributed by atoms with Crippen LogP contribution in [0.15, 0.2) is 27.4 Å². The van der Waals surface area contributed by atoms with Gasteiger partial charge in [0.15, 0.2) is 5.58 Å². The van der Waals surface area contributed by atoms with E-state index in [0.29, 0.717) is 16.8 Å². The van der Waals surface area contributed by atoms with Gasteiger partial charge in [0, 0.05) is 5.69 Å². The van der Waals surface area contributed by atoms with Gasteiger partial charge in [0.2, 0.25) is 5.91 Å². The van der Waals surface area contributed by atoms with E-state index in [1.165, 1.54) is 0 Å². The Balaban J connectivity index is 2.38. The van der Waals surface area contributed by atoms with Crippen molar-refractivity contribution < 1.29 is 14.3 Å². The number of carbonyl (C=O) groups is 1. The number of amides is 1. The zero-order valence-electron chi connectivity index (χ0n) is 7.61. The number of rotatable bonds is 2. The van der Waals surface area contributed by atoms with Crippen LogP contribution in [-0.2, 0) is 4.79 Å². The molecule has 78 valence electrons. The first kappa shape index (κ1) is 9.47. The van der Waals surface area contributed by atoms with Crippen LogP contribution in [-0.4, -0.2) is 22.6 Å². The SMILES string of the molecule is O=C(CO)Nc1ccc2oc(=O)[nH]c2c1. The van der Waals surface area contributed by atoms with Crippen molar-refractivity contribution in [1.29, 1.82) is 0 Å². The molecular formula is C9H8N2O4. The molecule has 0 aliphatic carbocycles. The van der Waals surface area contributed by atoms with Crippen LogP contribution in [0.1, 0.15) is 0 Å². The maximum absolute atomic E-state index is 10.9.